The van der Waals surface area contributed by atoms with Gasteiger partial charge in [-0.15, -0.1) is 0 Å². The van der Waals surface area contributed by atoms with Crippen molar-refractivity contribution < 1.29 is 20.1 Å². The molecule has 3 N–H and O–H groups in total. The summed E-state index contributed by atoms with van der Waals surface area (Å²) in [4.78, 5) is 11.0. The molecule has 0 saturated heterocycles. The molecule has 0 aromatic heterocycles. The van der Waals surface area contributed by atoms with Crippen LogP contribution in [0.1, 0.15) is 90.9 Å². The molecule has 142 valence electrons. The normalized spacial score (nSPS) is 26.4. The molecule has 0 amide bonds. The molecule has 0 aromatic carbocycles. The molecule has 1 fully saturated rings. The Kier molecular flexibility index (Phi) is 10.6. The number of unbranched alkanes of at least 4 members (excludes halogenated alkanes) is 2. The minimum atomic E-state index is -0.672. The summed E-state index contributed by atoms with van der Waals surface area (Å²) in [6.07, 6.45) is 11.0. The standard InChI is InChI=1S/C20H38O4/c1-3-8-17(21)13-11-16-12-14-19(22)18(16)10-7-5-6-9-15(4-2)20(23)24/h15-19,21-22H,3-14H2,1-2H3,(H,23,24)/t15?,16-,17?,18+,19-/m0/s1. The second-order valence-corrected chi connectivity index (χ2v) is 7.67. The van der Waals surface area contributed by atoms with E-state index in [4.69, 9.17) is 5.11 Å². The van der Waals surface area contributed by atoms with Crippen LogP contribution in [0, 0.1) is 17.8 Å². The van der Waals surface area contributed by atoms with Crippen LogP contribution in [-0.4, -0.2) is 33.5 Å². The second-order valence-electron chi connectivity index (χ2n) is 7.67. The van der Waals surface area contributed by atoms with E-state index in [-0.39, 0.29) is 18.1 Å². The highest BCUT2D eigenvalue weighted by Crippen LogP contribution is 2.39. The molecule has 4 nitrogen and oxygen atoms in total. The van der Waals surface area contributed by atoms with E-state index < -0.39 is 5.97 Å². The van der Waals surface area contributed by atoms with Gasteiger partial charge in [-0.25, -0.2) is 0 Å². The maximum Gasteiger partial charge on any atom is 0.306 e. The smallest absolute Gasteiger partial charge is 0.306 e. The number of aliphatic hydroxyl groups excluding tert-OH is 2. The van der Waals surface area contributed by atoms with Crippen molar-refractivity contribution in [3.05, 3.63) is 0 Å². The van der Waals surface area contributed by atoms with Crippen molar-refractivity contribution in [1.29, 1.82) is 0 Å². The number of carbonyl (C=O) groups is 1. The van der Waals surface area contributed by atoms with Crippen molar-refractivity contribution in [2.75, 3.05) is 0 Å². The van der Waals surface area contributed by atoms with Crippen LogP contribution in [0.2, 0.25) is 0 Å². The summed E-state index contributed by atoms with van der Waals surface area (Å²) < 4.78 is 0. The Balaban J connectivity index is 2.24. The Labute approximate surface area is 147 Å². The third-order valence-corrected chi connectivity index (χ3v) is 5.86. The van der Waals surface area contributed by atoms with Crippen molar-refractivity contribution in [3.8, 4) is 0 Å². The molecule has 24 heavy (non-hydrogen) atoms. The summed E-state index contributed by atoms with van der Waals surface area (Å²) in [5.41, 5.74) is 0. The molecular weight excluding hydrogens is 304 g/mol. The van der Waals surface area contributed by atoms with Gasteiger partial charge in [-0.2, -0.15) is 0 Å². The van der Waals surface area contributed by atoms with Crippen LogP contribution in [0.5, 0.6) is 0 Å². The lowest BCUT2D eigenvalue weighted by Gasteiger charge is -2.23. The third kappa shape index (κ3) is 7.52. The molecule has 0 bridgehead atoms. The van der Waals surface area contributed by atoms with E-state index in [9.17, 15) is 15.0 Å². The van der Waals surface area contributed by atoms with Crippen LogP contribution < -0.4 is 0 Å². The molecule has 1 saturated carbocycles. The average Bonchev–Trinajstić information content (AvgIpc) is 2.89. The number of carboxylic acids is 1. The number of hydrogen-bond donors (Lipinski definition) is 3. The summed E-state index contributed by atoms with van der Waals surface area (Å²) in [6.45, 7) is 4.03. The number of carboxylic acid groups (broad SMARTS) is 1. The van der Waals surface area contributed by atoms with Crippen LogP contribution in [0.25, 0.3) is 0 Å². The largest absolute Gasteiger partial charge is 0.481 e. The quantitative estimate of drug-likeness (QED) is 0.434. The molecule has 1 rings (SSSR count). The fourth-order valence-corrected chi connectivity index (χ4v) is 4.25. The molecule has 1 aliphatic carbocycles. The van der Waals surface area contributed by atoms with E-state index >= 15 is 0 Å². The fourth-order valence-electron chi connectivity index (χ4n) is 4.25. The minimum absolute atomic E-state index is 0.180. The van der Waals surface area contributed by atoms with Crippen LogP contribution in [0.15, 0.2) is 0 Å². The highest BCUT2D eigenvalue weighted by atomic mass is 16.4. The first-order chi connectivity index (χ1) is 11.5. The zero-order valence-electron chi connectivity index (χ0n) is 15.6. The van der Waals surface area contributed by atoms with Crippen molar-refractivity contribution in [3.63, 3.8) is 0 Å². The van der Waals surface area contributed by atoms with E-state index in [1.165, 1.54) is 0 Å². The van der Waals surface area contributed by atoms with E-state index in [1.807, 2.05) is 6.92 Å². The molecular formula is C20H38O4. The fraction of sp³-hybridized carbons (Fsp3) is 0.950. The maximum atomic E-state index is 11.0. The Hall–Kier alpha value is -0.610. The van der Waals surface area contributed by atoms with Gasteiger partial charge in [0, 0.05) is 0 Å². The molecule has 1 aliphatic rings. The Morgan fingerprint density at radius 3 is 2.42 bits per heavy atom. The first-order valence-electron chi connectivity index (χ1n) is 10.1. The SMILES string of the molecule is CCCC(O)CC[C@H]1CC[C@H](O)[C@@H]1CCCCCC(CC)C(=O)O. The van der Waals surface area contributed by atoms with Crippen molar-refractivity contribution in [1.82, 2.24) is 0 Å². The highest BCUT2D eigenvalue weighted by Gasteiger charge is 2.34. The van der Waals surface area contributed by atoms with Crippen LogP contribution >= 0.6 is 0 Å². The molecule has 5 atom stereocenters. The molecule has 0 radical (unpaired) electrons. The summed E-state index contributed by atoms with van der Waals surface area (Å²) in [7, 11) is 0. The van der Waals surface area contributed by atoms with Gasteiger partial charge >= 0.3 is 5.97 Å². The second kappa shape index (κ2) is 11.9. The van der Waals surface area contributed by atoms with Crippen molar-refractivity contribution >= 4 is 5.97 Å². The molecule has 0 aliphatic heterocycles. The zero-order valence-corrected chi connectivity index (χ0v) is 15.6. The number of aliphatic hydroxyl groups is 2. The zero-order chi connectivity index (χ0) is 17.9. The number of hydrogen-bond acceptors (Lipinski definition) is 3. The van der Waals surface area contributed by atoms with E-state index in [0.29, 0.717) is 18.3 Å². The minimum Gasteiger partial charge on any atom is -0.481 e. The molecule has 0 aromatic rings. The Morgan fingerprint density at radius 2 is 1.79 bits per heavy atom. The summed E-state index contributed by atoms with van der Waals surface area (Å²) >= 11 is 0. The highest BCUT2D eigenvalue weighted by molar-refractivity contribution is 5.69. The van der Waals surface area contributed by atoms with Crippen LogP contribution in [0.4, 0.5) is 0 Å². The van der Waals surface area contributed by atoms with Crippen LogP contribution in [-0.2, 0) is 4.79 Å². The van der Waals surface area contributed by atoms with Crippen LogP contribution in [0.3, 0.4) is 0 Å². The van der Waals surface area contributed by atoms with Gasteiger partial charge in [-0.1, -0.05) is 39.5 Å². The molecule has 2 unspecified atom stereocenters. The van der Waals surface area contributed by atoms with E-state index in [1.54, 1.807) is 0 Å². The lowest BCUT2D eigenvalue weighted by molar-refractivity contribution is -0.142. The van der Waals surface area contributed by atoms with Gasteiger partial charge in [0.1, 0.15) is 0 Å². The van der Waals surface area contributed by atoms with Gasteiger partial charge in [0.15, 0.2) is 0 Å². The molecule has 4 heteroatoms. The lowest BCUT2D eigenvalue weighted by Crippen LogP contribution is -2.20. The number of aliphatic carboxylic acids is 1. The first-order valence-corrected chi connectivity index (χ1v) is 10.1. The van der Waals surface area contributed by atoms with Gasteiger partial charge in [0.05, 0.1) is 18.1 Å². The Bertz CT molecular complexity index is 345. The maximum absolute atomic E-state index is 11.0. The average molecular weight is 343 g/mol. The van der Waals surface area contributed by atoms with E-state index in [2.05, 4.69) is 6.92 Å². The van der Waals surface area contributed by atoms with Gasteiger partial charge in [0.25, 0.3) is 0 Å². The lowest BCUT2D eigenvalue weighted by atomic mass is 9.85. The van der Waals surface area contributed by atoms with Gasteiger partial charge in [0.2, 0.25) is 0 Å². The van der Waals surface area contributed by atoms with Crippen molar-refractivity contribution in [2.45, 2.75) is 103 Å². The van der Waals surface area contributed by atoms with Gasteiger partial charge in [-0.3, -0.25) is 4.79 Å². The van der Waals surface area contributed by atoms with Gasteiger partial charge in [-0.05, 0) is 63.2 Å². The monoisotopic (exact) mass is 342 g/mol. The first kappa shape index (κ1) is 21.4. The number of rotatable bonds is 13. The summed E-state index contributed by atoms with van der Waals surface area (Å²) in [5.74, 6) is 0.0541. The molecule has 0 spiro atoms. The van der Waals surface area contributed by atoms with E-state index in [0.717, 1.165) is 70.6 Å². The van der Waals surface area contributed by atoms with Gasteiger partial charge < -0.3 is 15.3 Å². The summed E-state index contributed by atoms with van der Waals surface area (Å²) in [6, 6.07) is 0. The third-order valence-electron chi connectivity index (χ3n) is 5.86. The Morgan fingerprint density at radius 1 is 1.04 bits per heavy atom. The van der Waals surface area contributed by atoms with Crippen molar-refractivity contribution in [2.24, 2.45) is 17.8 Å². The predicted octanol–water partition coefficient (Wildman–Crippen LogP) is 4.38. The summed E-state index contributed by atoms with van der Waals surface area (Å²) in [5, 5.41) is 29.2. The molecule has 0 heterocycles. The topological polar surface area (TPSA) is 77.8 Å². The predicted molar refractivity (Wildman–Crippen MR) is 96.9 cm³/mol.